The standard InChI is InChI=1S/C15H14Cl2N2O2/c1-20-11-3-4-14(21-2)9(5-11)8-19-10-6-12(16)15(18)13(17)7-10/h3-8H,18H2,1-2H3. The predicted molar refractivity (Wildman–Crippen MR) is 87.7 cm³/mol. The van der Waals surface area contributed by atoms with E-state index in [0.29, 0.717) is 32.9 Å². The third-order valence-corrected chi connectivity index (χ3v) is 3.48. The highest BCUT2D eigenvalue weighted by Gasteiger charge is 2.05. The van der Waals surface area contributed by atoms with Gasteiger partial charge in [0, 0.05) is 11.8 Å². The van der Waals surface area contributed by atoms with E-state index in [9.17, 15) is 0 Å². The third-order valence-electron chi connectivity index (χ3n) is 2.85. The summed E-state index contributed by atoms with van der Waals surface area (Å²) in [5, 5.41) is 0.736. The van der Waals surface area contributed by atoms with Crippen LogP contribution in [0, 0.1) is 0 Å². The summed E-state index contributed by atoms with van der Waals surface area (Å²) < 4.78 is 10.5. The summed E-state index contributed by atoms with van der Waals surface area (Å²) in [4.78, 5) is 4.34. The second kappa shape index (κ2) is 6.70. The van der Waals surface area contributed by atoms with Crippen LogP contribution in [-0.2, 0) is 0 Å². The first-order valence-electron chi connectivity index (χ1n) is 6.05. The lowest BCUT2D eigenvalue weighted by Crippen LogP contribution is -1.92. The normalized spacial score (nSPS) is 10.9. The first kappa shape index (κ1) is 15.5. The van der Waals surface area contributed by atoms with E-state index in [4.69, 9.17) is 38.4 Å². The Morgan fingerprint density at radius 1 is 1.05 bits per heavy atom. The molecule has 0 amide bonds. The van der Waals surface area contributed by atoms with E-state index in [2.05, 4.69) is 4.99 Å². The van der Waals surface area contributed by atoms with Gasteiger partial charge in [-0.15, -0.1) is 0 Å². The zero-order chi connectivity index (χ0) is 15.4. The Bertz CT molecular complexity index is 664. The average molecular weight is 325 g/mol. The fourth-order valence-electron chi connectivity index (χ4n) is 1.73. The fourth-order valence-corrected chi connectivity index (χ4v) is 2.21. The number of anilines is 1. The van der Waals surface area contributed by atoms with E-state index in [1.165, 1.54) is 0 Å². The van der Waals surface area contributed by atoms with Crippen molar-refractivity contribution in [3.8, 4) is 11.5 Å². The SMILES string of the molecule is COc1ccc(OC)c(C=Nc2cc(Cl)c(N)c(Cl)c2)c1. The zero-order valence-electron chi connectivity index (χ0n) is 11.6. The molecule has 0 aliphatic heterocycles. The number of aliphatic imine (C=N–C) groups is 1. The molecule has 2 aromatic carbocycles. The van der Waals surface area contributed by atoms with Crippen molar-refractivity contribution < 1.29 is 9.47 Å². The lowest BCUT2D eigenvalue weighted by Gasteiger charge is -2.07. The van der Waals surface area contributed by atoms with Crippen LogP contribution in [-0.4, -0.2) is 20.4 Å². The highest BCUT2D eigenvalue weighted by Crippen LogP contribution is 2.32. The second-order valence-electron chi connectivity index (χ2n) is 4.19. The second-order valence-corrected chi connectivity index (χ2v) is 5.00. The molecule has 0 spiro atoms. The number of benzene rings is 2. The van der Waals surface area contributed by atoms with Crippen molar-refractivity contribution in [1.82, 2.24) is 0 Å². The van der Waals surface area contributed by atoms with Crippen molar-refractivity contribution in [3.63, 3.8) is 0 Å². The number of nitrogens with two attached hydrogens (primary N) is 1. The molecule has 0 saturated heterocycles. The van der Waals surface area contributed by atoms with Crippen molar-refractivity contribution in [2.24, 2.45) is 4.99 Å². The van der Waals surface area contributed by atoms with E-state index in [1.54, 1.807) is 32.6 Å². The van der Waals surface area contributed by atoms with E-state index >= 15 is 0 Å². The van der Waals surface area contributed by atoms with Crippen LogP contribution in [0.3, 0.4) is 0 Å². The van der Waals surface area contributed by atoms with Crippen LogP contribution in [0.25, 0.3) is 0 Å². The van der Waals surface area contributed by atoms with Gasteiger partial charge in [-0.1, -0.05) is 23.2 Å². The number of rotatable bonds is 4. The van der Waals surface area contributed by atoms with E-state index in [-0.39, 0.29) is 0 Å². The minimum Gasteiger partial charge on any atom is -0.497 e. The summed E-state index contributed by atoms with van der Waals surface area (Å²) in [5.41, 5.74) is 7.41. The Hall–Kier alpha value is -1.91. The van der Waals surface area contributed by atoms with Gasteiger partial charge in [0.1, 0.15) is 11.5 Å². The lowest BCUT2D eigenvalue weighted by atomic mass is 10.2. The van der Waals surface area contributed by atoms with Crippen LogP contribution in [0.1, 0.15) is 5.56 Å². The van der Waals surface area contributed by atoms with Gasteiger partial charge in [-0.05, 0) is 30.3 Å². The Morgan fingerprint density at radius 2 is 1.71 bits per heavy atom. The minimum atomic E-state index is 0.344. The Kier molecular flexibility index (Phi) is 4.94. The van der Waals surface area contributed by atoms with Gasteiger partial charge >= 0.3 is 0 Å². The van der Waals surface area contributed by atoms with Crippen LogP contribution >= 0.6 is 23.2 Å². The maximum absolute atomic E-state index is 5.98. The van der Waals surface area contributed by atoms with Crippen molar-refractivity contribution in [2.75, 3.05) is 20.0 Å². The molecule has 2 N–H and O–H groups in total. The summed E-state index contributed by atoms with van der Waals surface area (Å²) >= 11 is 12.0. The molecule has 0 aromatic heterocycles. The van der Waals surface area contributed by atoms with Crippen LogP contribution in [0.2, 0.25) is 10.0 Å². The first-order valence-corrected chi connectivity index (χ1v) is 6.81. The molecule has 2 aromatic rings. The van der Waals surface area contributed by atoms with Gasteiger partial charge in [0.2, 0.25) is 0 Å². The highest BCUT2D eigenvalue weighted by atomic mass is 35.5. The van der Waals surface area contributed by atoms with Crippen molar-refractivity contribution in [1.29, 1.82) is 0 Å². The molecule has 0 unspecified atom stereocenters. The van der Waals surface area contributed by atoms with E-state index in [0.717, 1.165) is 5.56 Å². The molecular formula is C15H14Cl2N2O2. The molecule has 21 heavy (non-hydrogen) atoms. The lowest BCUT2D eigenvalue weighted by molar-refractivity contribution is 0.402. The molecular weight excluding hydrogens is 311 g/mol. The van der Waals surface area contributed by atoms with E-state index < -0.39 is 0 Å². The van der Waals surface area contributed by atoms with Crippen molar-refractivity contribution >= 4 is 40.8 Å². The topological polar surface area (TPSA) is 56.8 Å². The Labute approximate surface area is 133 Å². The molecule has 0 heterocycles. The molecule has 0 aliphatic rings. The molecule has 110 valence electrons. The Morgan fingerprint density at radius 3 is 2.29 bits per heavy atom. The first-order chi connectivity index (χ1) is 10.0. The van der Waals surface area contributed by atoms with Crippen molar-refractivity contribution in [2.45, 2.75) is 0 Å². The van der Waals surface area contributed by atoms with Crippen LogP contribution in [0.4, 0.5) is 11.4 Å². The maximum atomic E-state index is 5.98. The number of halogens is 2. The van der Waals surface area contributed by atoms with Gasteiger partial charge in [0.05, 0.1) is 35.6 Å². The number of ether oxygens (including phenoxy) is 2. The molecule has 0 atom stereocenters. The van der Waals surface area contributed by atoms with Gasteiger partial charge in [0.25, 0.3) is 0 Å². The maximum Gasteiger partial charge on any atom is 0.127 e. The van der Waals surface area contributed by atoms with Gasteiger partial charge in [-0.2, -0.15) is 0 Å². The summed E-state index contributed by atoms with van der Waals surface area (Å²) in [6.45, 7) is 0. The zero-order valence-corrected chi connectivity index (χ0v) is 13.1. The molecule has 0 saturated carbocycles. The molecule has 0 fully saturated rings. The summed E-state index contributed by atoms with van der Waals surface area (Å²) in [5.74, 6) is 1.40. The Balaban J connectivity index is 2.37. The van der Waals surface area contributed by atoms with Gasteiger partial charge < -0.3 is 15.2 Å². The largest absolute Gasteiger partial charge is 0.497 e. The van der Waals surface area contributed by atoms with Crippen molar-refractivity contribution in [3.05, 3.63) is 45.9 Å². The predicted octanol–water partition coefficient (Wildman–Crippen LogP) is 4.34. The number of nitrogens with zero attached hydrogens (tertiary/aromatic N) is 1. The fraction of sp³-hybridized carbons (Fsp3) is 0.133. The number of hydrogen-bond acceptors (Lipinski definition) is 4. The van der Waals surface area contributed by atoms with Crippen LogP contribution < -0.4 is 15.2 Å². The van der Waals surface area contributed by atoms with E-state index in [1.807, 2.05) is 18.2 Å². The molecule has 0 radical (unpaired) electrons. The highest BCUT2D eigenvalue weighted by molar-refractivity contribution is 6.39. The van der Waals surface area contributed by atoms with Gasteiger partial charge in [-0.3, -0.25) is 4.99 Å². The quantitative estimate of drug-likeness (QED) is 0.672. The van der Waals surface area contributed by atoms with Gasteiger partial charge in [0.15, 0.2) is 0 Å². The molecule has 6 heteroatoms. The molecule has 4 nitrogen and oxygen atoms in total. The van der Waals surface area contributed by atoms with Gasteiger partial charge in [-0.25, -0.2) is 0 Å². The summed E-state index contributed by atoms with van der Waals surface area (Å²) in [6, 6.07) is 8.73. The molecule has 2 rings (SSSR count). The molecule has 0 aliphatic carbocycles. The smallest absolute Gasteiger partial charge is 0.127 e. The van der Waals surface area contributed by atoms with Crippen LogP contribution in [0.15, 0.2) is 35.3 Å². The average Bonchev–Trinajstić information content (AvgIpc) is 2.50. The minimum absolute atomic E-state index is 0.344. The number of methoxy groups -OCH3 is 2. The summed E-state index contributed by atoms with van der Waals surface area (Å²) in [6.07, 6.45) is 1.65. The number of hydrogen-bond donors (Lipinski definition) is 1. The number of nitrogen functional groups attached to an aromatic ring is 1. The summed E-state index contributed by atoms with van der Waals surface area (Å²) in [7, 11) is 3.19. The monoisotopic (exact) mass is 324 g/mol. The third kappa shape index (κ3) is 3.60. The molecule has 0 bridgehead atoms. The van der Waals surface area contributed by atoms with Crippen LogP contribution in [0.5, 0.6) is 11.5 Å².